The Morgan fingerprint density at radius 3 is 2.89 bits per heavy atom. The number of benzene rings is 1. The SMILES string of the molecule is CCCCOCCn1c(CCN)nc2ccccc21. The van der Waals surface area contributed by atoms with Crippen LogP contribution in [0.5, 0.6) is 0 Å². The second-order valence-corrected chi connectivity index (χ2v) is 4.67. The maximum atomic E-state index is 5.66. The molecule has 4 heteroatoms. The second kappa shape index (κ2) is 7.26. The lowest BCUT2D eigenvalue weighted by Gasteiger charge is -2.09. The van der Waals surface area contributed by atoms with Gasteiger partial charge in [-0.25, -0.2) is 4.98 Å². The molecule has 0 aliphatic carbocycles. The quantitative estimate of drug-likeness (QED) is 0.742. The molecule has 0 bridgehead atoms. The van der Waals surface area contributed by atoms with Gasteiger partial charge in [0.2, 0.25) is 0 Å². The van der Waals surface area contributed by atoms with E-state index in [0.717, 1.165) is 43.9 Å². The number of nitrogens with two attached hydrogens (primary N) is 1. The van der Waals surface area contributed by atoms with Crippen LogP contribution in [0.25, 0.3) is 11.0 Å². The zero-order chi connectivity index (χ0) is 13.5. The number of hydrogen-bond donors (Lipinski definition) is 1. The van der Waals surface area contributed by atoms with Crippen LogP contribution in [0.15, 0.2) is 24.3 Å². The van der Waals surface area contributed by atoms with Gasteiger partial charge >= 0.3 is 0 Å². The Hall–Kier alpha value is -1.39. The lowest BCUT2D eigenvalue weighted by Crippen LogP contribution is -2.13. The molecule has 0 atom stereocenters. The number of para-hydroxylation sites is 2. The third-order valence-corrected chi connectivity index (χ3v) is 3.20. The number of imidazole rings is 1. The maximum Gasteiger partial charge on any atom is 0.111 e. The number of rotatable bonds is 8. The third-order valence-electron chi connectivity index (χ3n) is 3.20. The fourth-order valence-electron chi connectivity index (χ4n) is 2.20. The first-order chi connectivity index (χ1) is 9.36. The van der Waals surface area contributed by atoms with E-state index in [-0.39, 0.29) is 0 Å². The lowest BCUT2D eigenvalue weighted by molar-refractivity contribution is 0.123. The van der Waals surface area contributed by atoms with E-state index in [0.29, 0.717) is 6.54 Å². The van der Waals surface area contributed by atoms with Crippen molar-refractivity contribution in [3.05, 3.63) is 30.1 Å². The van der Waals surface area contributed by atoms with Gasteiger partial charge in [-0.15, -0.1) is 0 Å². The highest BCUT2D eigenvalue weighted by Crippen LogP contribution is 2.16. The zero-order valence-corrected chi connectivity index (χ0v) is 11.6. The van der Waals surface area contributed by atoms with Crippen molar-refractivity contribution in [2.45, 2.75) is 32.7 Å². The highest BCUT2D eigenvalue weighted by molar-refractivity contribution is 5.75. The van der Waals surface area contributed by atoms with Crippen LogP contribution in [0.4, 0.5) is 0 Å². The summed E-state index contributed by atoms with van der Waals surface area (Å²) in [6.45, 7) is 5.22. The predicted octanol–water partition coefficient (Wildman–Crippen LogP) is 2.35. The van der Waals surface area contributed by atoms with E-state index in [1.807, 2.05) is 18.2 Å². The van der Waals surface area contributed by atoms with Crippen LogP contribution in [0, 0.1) is 0 Å². The molecule has 0 unspecified atom stereocenters. The Morgan fingerprint density at radius 1 is 1.26 bits per heavy atom. The van der Waals surface area contributed by atoms with Gasteiger partial charge in [0.15, 0.2) is 0 Å². The van der Waals surface area contributed by atoms with Crippen LogP contribution in [0.2, 0.25) is 0 Å². The minimum absolute atomic E-state index is 0.625. The highest BCUT2D eigenvalue weighted by atomic mass is 16.5. The topological polar surface area (TPSA) is 53.1 Å². The molecule has 4 nitrogen and oxygen atoms in total. The minimum Gasteiger partial charge on any atom is -0.380 e. The van der Waals surface area contributed by atoms with E-state index < -0.39 is 0 Å². The molecular formula is C15H23N3O. The Kier molecular flexibility index (Phi) is 5.36. The fraction of sp³-hybridized carbons (Fsp3) is 0.533. The van der Waals surface area contributed by atoms with Gasteiger partial charge < -0.3 is 15.0 Å². The molecule has 104 valence electrons. The molecule has 0 amide bonds. The van der Waals surface area contributed by atoms with Crippen LogP contribution >= 0.6 is 0 Å². The van der Waals surface area contributed by atoms with Crippen molar-refractivity contribution in [3.8, 4) is 0 Å². The number of unbranched alkanes of at least 4 members (excludes halogenated alkanes) is 1. The van der Waals surface area contributed by atoms with E-state index in [2.05, 4.69) is 22.5 Å². The first-order valence-electron chi connectivity index (χ1n) is 7.08. The molecular weight excluding hydrogens is 238 g/mol. The molecule has 2 N–H and O–H groups in total. The maximum absolute atomic E-state index is 5.66. The summed E-state index contributed by atoms with van der Waals surface area (Å²) in [5, 5.41) is 0. The van der Waals surface area contributed by atoms with Gasteiger partial charge in [-0.05, 0) is 25.1 Å². The first kappa shape index (κ1) is 14.0. The van der Waals surface area contributed by atoms with Crippen molar-refractivity contribution in [1.29, 1.82) is 0 Å². The first-order valence-corrected chi connectivity index (χ1v) is 7.08. The summed E-state index contributed by atoms with van der Waals surface area (Å²) in [5.74, 6) is 1.06. The summed E-state index contributed by atoms with van der Waals surface area (Å²) >= 11 is 0. The van der Waals surface area contributed by atoms with Gasteiger partial charge in [-0.1, -0.05) is 25.5 Å². The molecule has 2 aromatic rings. The Morgan fingerprint density at radius 2 is 2.11 bits per heavy atom. The number of ether oxygens (including phenoxy) is 1. The number of nitrogens with zero attached hydrogens (tertiary/aromatic N) is 2. The van der Waals surface area contributed by atoms with Crippen molar-refractivity contribution in [3.63, 3.8) is 0 Å². The van der Waals surface area contributed by atoms with Gasteiger partial charge in [0, 0.05) is 19.6 Å². The van der Waals surface area contributed by atoms with Crippen molar-refractivity contribution in [1.82, 2.24) is 9.55 Å². The Labute approximate surface area is 114 Å². The fourth-order valence-corrected chi connectivity index (χ4v) is 2.20. The van der Waals surface area contributed by atoms with E-state index >= 15 is 0 Å². The van der Waals surface area contributed by atoms with Crippen molar-refractivity contribution >= 4 is 11.0 Å². The summed E-state index contributed by atoms with van der Waals surface area (Å²) < 4.78 is 7.88. The summed E-state index contributed by atoms with van der Waals surface area (Å²) in [5.41, 5.74) is 7.87. The third kappa shape index (κ3) is 3.55. The molecule has 2 rings (SSSR count). The van der Waals surface area contributed by atoms with Gasteiger partial charge in [0.05, 0.1) is 17.6 Å². The lowest BCUT2D eigenvalue weighted by atomic mass is 10.3. The van der Waals surface area contributed by atoms with Crippen molar-refractivity contribution in [2.24, 2.45) is 5.73 Å². The van der Waals surface area contributed by atoms with Crippen LogP contribution in [-0.2, 0) is 17.7 Å². The molecule has 1 heterocycles. The van der Waals surface area contributed by atoms with Crippen LogP contribution < -0.4 is 5.73 Å². The Balaban J connectivity index is 2.08. The summed E-state index contributed by atoms with van der Waals surface area (Å²) in [4.78, 5) is 4.64. The molecule has 0 spiro atoms. The average molecular weight is 261 g/mol. The average Bonchev–Trinajstić information content (AvgIpc) is 2.77. The predicted molar refractivity (Wildman–Crippen MR) is 78.2 cm³/mol. The molecule has 1 aromatic heterocycles. The van der Waals surface area contributed by atoms with Gasteiger partial charge in [-0.2, -0.15) is 0 Å². The minimum atomic E-state index is 0.625. The van der Waals surface area contributed by atoms with E-state index in [1.54, 1.807) is 0 Å². The van der Waals surface area contributed by atoms with E-state index in [1.165, 1.54) is 11.9 Å². The number of aromatic nitrogens is 2. The smallest absolute Gasteiger partial charge is 0.111 e. The summed E-state index contributed by atoms with van der Waals surface area (Å²) in [6, 6.07) is 8.21. The standard InChI is InChI=1S/C15H23N3O/c1-2-3-11-19-12-10-18-14-7-5-4-6-13(14)17-15(18)8-9-16/h4-7H,2-3,8-12,16H2,1H3. The molecule has 0 saturated carbocycles. The number of fused-ring (bicyclic) bond motifs is 1. The molecule has 0 radical (unpaired) electrons. The van der Waals surface area contributed by atoms with Crippen LogP contribution in [0.1, 0.15) is 25.6 Å². The molecule has 0 fully saturated rings. The molecule has 0 aliphatic rings. The summed E-state index contributed by atoms with van der Waals surface area (Å²) in [7, 11) is 0. The van der Waals surface area contributed by atoms with E-state index in [4.69, 9.17) is 10.5 Å². The van der Waals surface area contributed by atoms with Gasteiger partial charge in [0.1, 0.15) is 5.82 Å². The monoisotopic (exact) mass is 261 g/mol. The highest BCUT2D eigenvalue weighted by Gasteiger charge is 2.09. The normalized spacial score (nSPS) is 11.3. The molecule has 0 aliphatic heterocycles. The second-order valence-electron chi connectivity index (χ2n) is 4.67. The molecule has 0 saturated heterocycles. The molecule has 1 aromatic carbocycles. The largest absolute Gasteiger partial charge is 0.380 e. The van der Waals surface area contributed by atoms with Gasteiger partial charge in [-0.3, -0.25) is 0 Å². The van der Waals surface area contributed by atoms with Crippen LogP contribution in [-0.4, -0.2) is 29.3 Å². The number of hydrogen-bond acceptors (Lipinski definition) is 3. The van der Waals surface area contributed by atoms with E-state index in [9.17, 15) is 0 Å². The van der Waals surface area contributed by atoms with Gasteiger partial charge in [0.25, 0.3) is 0 Å². The summed E-state index contributed by atoms with van der Waals surface area (Å²) in [6.07, 6.45) is 3.11. The van der Waals surface area contributed by atoms with Crippen molar-refractivity contribution in [2.75, 3.05) is 19.8 Å². The van der Waals surface area contributed by atoms with Crippen LogP contribution in [0.3, 0.4) is 0 Å². The van der Waals surface area contributed by atoms with Crippen molar-refractivity contribution < 1.29 is 4.74 Å². The zero-order valence-electron chi connectivity index (χ0n) is 11.6. The Bertz CT molecular complexity index is 507. The molecule has 19 heavy (non-hydrogen) atoms.